The zero-order valence-corrected chi connectivity index (χ0v) is 49.0. The minimum atomic E-state index is -0.782. The van der Waals surface area contributed by atoms with Crippen LogP contribution in [0.2, 0.25) is 0 Å². The van der Waals surface area contributed by atoms with Crippen molar-refractivity contribution in [2.75, 3.05) is 13.2 Å². The molecule has 0 fully saturated rings. The van der Waals surface area contributed by atoms with Crippen LogP contribution in [0, 0.1) is 0 Å². The van der Waals surface area contributed by atoms with Crippen LogP contribution in [0.1, 0.15) is 290 Å². The highest BCUT2D eigenvalue weighted by atomic mass is 16.6. The predicted octanol–water partition coefficient (Wildman–Crippen LogP) is 21.4. The minimum Gasteiger partial charge on any atom is -0.462 e. The van der Waals surface area contributed by atoms with E-state index in [9.17, 15) is 14.4 Å². The van der Waals surface area contributed by atoms with E-state index in [4.69, 9.17) is 14.2 Å². The maximum Gasteiger partial charge on any atom is 0.306 e. The lowest BCUT2D eigenvalue weighted by Gasteiger charge is -2.18. The summed E-state index contributed by atoms with van der Waals surface area (Å²) in [6.07, 6.45) is 85.7. The first-order valence-corrected chi connectivity index (χ1v) is 31.4. The smallest absolute Gasteiger partial charge is 0.306 e. The molecule has 0 amide bonds. The van der Waals surface area contributed by atoms with Gasteiger partial charge in [-0.25, -0.2) is 0 Å². The zero-order chi connectivity index (χ0) is 54.3. The molecule has 6 nitrogen and oxygen atoms in total. The van der Waals surface area contributed by atoms with Gasteiger partial charge in [-0.05, 0) is 109 Å². The number of hydrogen-bond donors (Lipinski definition) is 0. The number of rotatable bonds is 56. The Labute approximate surface area is 463 Å². The Morgan fingerprint density at radius 2 is 0.520 bits per heavy atom. The number of hydrogen-bond acceptors (Lipinski definition) is 6. The average molecular weight is 1040 g/mol. The predicted molar refractivity (Wildman–Crippen MR) is 325 cm³/mol. The molecule has 0 aromatic heterocycles. The Morgan fingerprint density at radius 3 is 0.840 bits per heavy atom. The molecule has 75 heavy (non-hydrogen) atoms. The summed E-state index contributed by atoms with van der Waals surface area (Å²) in [6.45, 7) is 6.41. The van der Waals surface area contributed by atoms with Gasteiger partial charge >= 0.3 is 17.9 Å². The van der Waals surface area contributed by atoms with Gasteiger partial charge in [0.05, 0.1) is 0 Å². The Hall–Kier alpha value is -3.93. The number of ether oxygens (including phenoxy) is 3. The van der Waals surface area contributed by atoms with Crippen molar-refractivity contribution in [3.05, 3.63) is 109 Å². The van der Waals surface area contributed by atoms with Gasteiger partial charge in [0.15, 0.2) is 6.10 Å². The van der Waals surface area contributed by atoms with Gasteiger partial charge in [0.25, 0.3) is 0 Å². The lowest BCUT2D eigenvalue weighted by atomic mass is 10.0. The third-order valence-electron chi connectivity index (χ3n) is 13.3. The van der Waals surface area contributed by atoms with E-state index in [-0.39, 0.29) is 31.1 Å². The Bertz CT molecular complexity index is 1520. The van der Waals surface area contributed by atoms with Crippen LogP contribution in [0.15, 0.2) is 109 Å². The maximum absolute atomic E-state index is 12.8. The fourth-order valence-electron chi connectivity index (χ4n) is 8.57. The van der Waals surface area contributed by atoms with Gasteiger partial charge in [0, 0.05) is 19.3 Å². The van der Waals surface area contributed by atoms with Gasteiger partial charge in [0.1, 0.15) is 13.2 Å². The largest absolute Gasteiger partial charge is 0.462 e. The molecule has 0 bridgehead atoms. The second kappa shape index (κ2) is 62.6. The summed E-state index contributed by atoms with van der Waals surface area (Å²) >= 11 is 0. The van der Waals surface area contributed by atoms with Gasteiger partial charge in [-0.2, -0.15) is 0 Å². The molecule has 0 aliphatic rings. The number of unbranched alkanes of at least 4 members (excludes halogenated alkanes) is 27. The van der Waals surface area contributed by atoms with E-state index < -0.39 is 6.10 Å². The number of esters is 3. The molecule has 0 radical (unpaired) electrons. The Morgan fingerprint density at radius 1 is 0.280 bits per heavy atom. The normalized spacial score (nSPS) is 12.8. The number of allylic oxidation sites excluding steroid dienone is 18. The monoisotopic (exact) mass is 1040 g/mol. The first-order valence-electron chi connectivity index (χ1n) is 31.4. The van der Waals surface area contributed by atoms with Crippen molar-refractivity contribution in [2.24, 2.45) is 0 Å². The van der Waals surface area contributed by atoms with Crippen LogP contribution in [0.25, 0.3) is 0 Å². The SMILES string of the molecule is CC/C=C\C/C=C\C/C=C\C/C=C\C/C=C\C/C=C\CCCCCCCCCCCCCCCCC(=O)OCC(COC(=O)CCCCCCC)OC(=O)CCCCCCCC/C=C\C/C=C\C/C=C\CCCCC. The summed E-state index contributed by atoms with van der Waals surface area (Å²) in [5.74, 6) is -0.905. The Balaban J connectivity index is 4.02. The molecule has 6 heteroatoms. The molecule has 428 valence electrons. The van der Waals surface area contributed by atoms with Crippen molar-refractivity contribution in [1.82, 2.24) is 0 Å². The molecule has 0 aliphatic heterocycles. The summed E-state index contributed by atoms with van der Waals surface area (Å²) in [4.78, 5) is 37.9. The molecule has 0 aromatic carbocycles. The van der Waals surface area contributed by atoms with E-state index in [1.54, 1.807) is 0 Å². The van der Waals surface area contributed by atoms with Crippen LogP contribution in [0.5, 0.6) is 0 Å². The standard InChI is InChI=1S/C69H116O6/c1-4-7-10-13-15-17-19-21-23-25-27-28-29-30-31-32-33-34-35-36-37-38-39-40-42-43-45-47-49-51-53-56-59-62-68(71)74-65-66(64-73-67(70)61-58-55-12-9-6-3)75-69(72)63-60-57-54-52-50-48-46-44-41-26-24-22-20-18-16-14-11-8-5-2/h7,10,15-18,21-24,27-28,30-31,33-34,41,44,66H,4-6,8-9,11-14,19-20,25-26,29,32,35-40,42-43,45-65H2,1-3H3/b10-7-,17-15-,18-16-,23-21-,24-22-,28-27-,31-30-,34-33-,44-41-. The lowest BCUT2D eigenvalue weighted by molar-refractivity contribution is -0.167. The number of carbonyl (C=O) groups excluding carboxylic acids is 3. The van der Waals surface area contributed by atoms with Crippen molar-refractivity contribution in [3.63, 3.8) is 0 Å². The molecule has 0 aromatic rings. The van der Waals surface area contributed by atoms with Gasteiger partial charge < -0.3 is 14.2 Å². The van der Waals surface area contributed by atoms with Crippen LogP contribution < -0.4 is 0 Å². The van der Waals surface area contributed by atoms with Gasteiger partial charge in [-0.1, -0.05) is 271 Å². The quantitative estimate of drug-likeness (QED) is 0.0261. The molecular weight excluding hydrogens is 925 g/mol. The van der Waals surface area contributed by atoms with Crippen LogP contribution in [-0.2, 0) is 28.6 Å². The van der Waals surface area contributed by atoms with E-state index in [1.807, 2.05) is 0 Å². The van der Waals surface area contributed by atoms with Crippen LogP contribution >= 0.6 is 0 Å². The molecule has 0 saturated carbocycles. The maximum atomic E-state index is 12.8. The van der Waals surface area contributed by atoms with Crippen LogP contribution in [0.3, 0.4) is 0 Å². The van der Waals surface area contributed by atoms with Crippen LogP contribution in [0.4, 0.5) is 0 Å². The second-order valence-electron chi connectivity index (χ2n) is 20.6. The first kappa shape index (κ1) is 71.1. The van der Waals surface area contributed by atoms with Crippen molar-refractivity contribution in [3.8, 4) is 0 Å². The third-order valence-corrected chi connectivity index (χ3v) is 13.3. The van der Waals surface area contributed by atoms with E-state index >= 15 is 0 Å². The average Bonchev–Trinajstić information content (AvgIpc) is 3.41. The molecule has 0 heterocycles. The van der Waals surface area contributed by atoms with Crippen LogP contribution in [-0.4, -0.2) is 37.2 Å². The summed E-state index contributed by atoms with van der Waals surface area (Å²) in [5, 5.41) is 0. The van der Waals surface area contributed by atoms with Gasteiger partial charge in [0.2, 0.25) is 0 Å². The van der Waals surface area contributed by atoms with E-state index in [0.29, 0.717) is 19.3 Å². The Kier molecular flexibility index (Phi) is 59.3. The lowest BCUT2D eigenvalue weighted by Crippen LogP contribution is -2.30. The fraction of sp³-hybridized carbons (Fsp3) is 0.696. The van der Waals surface area contributed by atoms with Gasteiger partial charge in [-0.3, -0.25) is 14.4 Å². The minimum absolute atomic E-state index is 0.0826. The first-order chi connectivity index (χ1) is 37.0. The molecule has 0 saturated heterocycles. The van der Waals surface area contributed by atoms with E-state index in [2.05, 4.69) is 130 Å². The van der Waals surface area contributed by atoms with Crippen molar-refractivity contribution in [1.29, 1.82) is 0 Å². The summed E-state index contributed by atoms with van der Waals surface area (Å²) < 4.78 is 16.7. The molecule has 1 unspecified atom stereocenters. The summed E-state index contributed by atoms with van der Waals surface area (Å²) in [6, 6.07) is 0. The van der Waals surface area contributed by atoms with E-state index in [1.165, 1.54) is 122 Å². The highest BCUT2D eigenvalue weighted by Gasteiger charge is 2.19. The molecular formula is C69H116O6. The molecule has 0 N–H and O–H groups in total. The number of carbonyl (C=O) groups is 3. The van der Waals surface area contributed by atoms with Crippen molar-refractivity contribution >= 4 is 17.9 Å². The molecule has 0 spiro atoms. The summed E-state index contributed by atoms with van der Waals surface area (Å²) in [7, 11) is 0. The highest BCUT2D eigenvalue weighted by Crippen LogP contribution is 2.16. The van der Waals surface area contributed by atoms with Crippen molar-refractivity contribution < 1.29 is 28.6 Å². The third kappa shape index (κ3) is 60.8. The van der Waals surface area contributed by atoms with Crippen molar-refractivity contribution in [2.45, 2.75) is 297 Å². The van der Waals surface area contributed by atoms with E-state index in [0.717, 1.165) is 128 Å². The summed E-state index contributed by atoms with van der Waals surface area (Å²) in [5.41, 5.74) is 0. The molecule has 1 atom stereocenters. The fourth-order valence-corrected chi connectivity index (χ4v) is 8.57. The van der Waals surface area contributed by atoms with Gasteiger partial charge in [-0.15, -0.1) is 0 Å². The zero-order valence-electron chi connectivity index (χ0n) is 49.0. The molecule has 0 rings (SSSR count). The highest BCUT2D eigenvalue weighted by molar-refractivity contribution is 5.71. The second-order valence-corrected chi connectivity index (χ2v) is 20.6. The molecule has 0 aliphatic carbocycles. The topological polar surface area (TPSA) is 78.9 Å².